The average Bonchev–Trinajstić information content (AvgIpc) is 3.03. The van der Waals surface area contributed by atoms with Crippen LogP contribution in [-0.2, 0) is 9.53 Å². The summed E-state index contributed by atoms with van der Waals surface area (Å²) in [6, 6.07) is 16.2. The number of hydrogen-bond acceptors (Lipinski definition) is 8. The second-order valence-corrected chi connectivity index (χ2v) is 11.0. The minimum Gasteiger partial charge on any atom is -0.459 e. The normalized spacial score (nSPS) is 11.7. The third-order valence-corrected chi connectivity index (χ3v) is 7.08. The van der Waals surface area contributed by atoms with Gasteiger partial charge in [0.05, 0.1) is 22.9 Å². The van der Waals surface area contributed by atoms with E-state index in [1.54, 1.807) is 24.3 Å². The summed E-state index contributed by atoms with van der Waals surface area (Å²) in [6.45, 7) is 6.17. The summed E-state index contributed by atoms with van der Waals surface area (Å²) in [6.07, 6.45) is 10.7. The van der Waals surface area contributed by atoms with Gasteiger partial charge >= 0.3 is 17.9 Å². The molecule has 0 heterocycles. The van der Waals surface area contributed by atoms with E-state index in [4.69, 9.17) is 14.2 Å². The molecule has 1 atom stereocenters. The molecule has 0 unspecified atom stereocenters. The summed E-state index contributed by atoms with van der Waals surface area (Å²) in [5.74, 6) is -1.63. The lowest BCUT2D eigenvalue weighted by Crippen LogP contribution is -2.15. The van der Waals surface area contributed by atoms with Crippen LogP contribution in [0.2, 0.25) is 0 Å². The molecule has 0 amide bonds. The summed E-state index contributed by atoms with van der Waals surface area (Å²) >= 11 is 0. The number of unbranched alkanes of at least 4 members (excludes halogenated alkanes) is 7. The summed E-state index contributed by atoms with van der Waals surface area (Å²) in [7, 11) is 0. The molecule has 0 fully saturated rings. The van der Waals surface area contributed by atoms with Crippen molar-refractivity contribution in [3.05, 3.63) is 83.7 Å². The number of carbonyl (C=O) groups is 3. The Morgan fingerprint density at radius 3 is 1.96 bits per heavy atom. The molecule has 0 spiro atoms. The number of esters is 3. The third kappa shape index (κ3) is 12.6. The molecule has 0 aliphatic rings. The molecular weight excluding hydrogens is 575 g/mol. The van der Waals surface area contributed by atoms with Crippen molar-refractivity contribution in [2.75, 3.05) is 0 Å². The van der Waals surface area contributed by atoms with E-state index in [9.17, 15) is 18.8 Å². The van der Waals surface area contributed by atoms with Gasteiger partial charge in [-0.1, -0.05) is 58.8 Å². The van der Waals surface area contributed by atoms with Gasteiger partial charge in [-0.3, -0.25) is 4.79 Å². The van der Waals surface area contributed by atoms with Gasteiger partial charge in [-0.15, -0.1) is 5.11 Å². The Labute approximate surface area is 265 Å². The third-order valence-electron chi connectivity index (χ3n) is 7.08. The SMILES string of the molecule is CCCCCCCC(=O)Oc1ccc(N=Nc2ccc(C(=O)Oc3ccc(C(=O)O[C@@H](C)CCCCCC)cc3)cc2F)cc1. The number of rotatable bonds is 18. The molecule has 3 rings (SSSR count). The molecule has 0 saturated carbocycles. The van der Waals surface area contributed by atoms with E-state index < -0.39 is 17.8 Å². The minimum absolute atomic E-state index is 0.0108. The van der Waals surface area contributed by atoms with Crippen LogP contribution in [0.15, 0.2) is 77.0 Å². The van der Waals surface area contributed by atoms with Crippen LogP contribution < -0.4 is 9.47 Å². The number of hydrogen-bond donors (Lipinski definition) is 0. The summed E-state index contributed by atoms with van der Waals surface area (Å²) in [5, 5.41) is 7.96. The lowest BCUT2D eigenvalue weighted by atomic mass is 10.1. The molecule has 0 aromatic heterocycles. The van der Waals surface area contributed by atoms with Crippen LogP contribution in [0, 0.1) is 5.82 Å². The van der Waals surface area contributed by atoms with Crippen molar-refractivity contribution in [1.82, 2.24) is 0 Å². The van der Waals surface area contributed by atoms with Gasteiger partial charge in [0.15, 0.2) is 5.82 Å². The van der Waals surface area contributed by atoms with Crippen molar-refractivity contribution in [2.24, 2.45) is 10.2 Å². The van der Waals surface area contributed by atoms with E-state index in [0.29, 0.717) is 23.4 Å². The highest BCUT2D eigenvalue weighted by Gasteiger charge is 2.15. The van der Waals surface area contributed by atoms with Gasteiger partial charge in [0.25, 0.3) is 0 Å². The van der Waals surface area contributed by atoms with E-state index in [-0.39, 0.29) is 29.1 Å². The van der Waals surface area contributed by atoms with E-state index in [1.807, 2.05) is 6.92 Å². The van der Waals surface area contributed by atoms with Gasteiger partial charge < -0.3 is 14.2 Å². The number of benzene rings is 3. The molecule has 0 radical (unpaired) electrons. The molecule has 0 aliphatic heterocycles. The number of carbonyl (C=O) groups excluding carboxylic acids is 3. The Morgan fingerprint density at radius 2 is 1.29 bits per heavy atom. The number of nitrogens with zero attached hydrogens (tertiary/aromatic N) is 2. The molecule has 8 nitrogen and oxygen atoms in total. The van der Waals surface area contributed by atoms with E-state index in [1.165, 1.54) is 49.2 Å². The van der Waals surface area contributed by atoms with Gasteiger partial charge in [-0.05, 0) is 92.9 Å². The van der Waals surface area contributed by atoms with Gasteiger partial charge in [-0.2, -0.15) is 5.11 Å². The lowest BCUT2D eigenvalue weighted by Gasteiger charge is -2.13. The van der Waals surface area contributed by atoms with Crippen LogP contribution in [0.3, 0.4) is 0 Å². The topological polar surface area (TPSA) is 104 Å². The fraction of sp³-hybridized carbons (Fsp3) is 0.417. The predicted octanol–water partition coefficient (Wildman–Crippen LogP) is 10.2. The summed E-state index contributed by atoms with van der Waals surface area (Å²) in [5.41, 5.74) is 0.710. The van der Waals surface area contributed by atoms with Crippen LogP contribution in [0.5, 0.6) is 11.5 Å². The second-order valence-electron chi connectivity index (χ2n) is 11.0. The smallest absolute Gasteiger partial charge is 0.343 e. The first-order chi connectivity index (χ1) is 21.8. The Hall–Kier alpha value is -4.40. The Morgan fingerprint density at radius 1 is 0.689 bits per heavy atom. The predicted molar refractivity (Wildman–Crippen MR) is 171 cm³/mol. The largest absolute Gasteiger partial charge is 0.459 e. The van der Waals surface area contributed by atoms with Gasteiger partial charge in [0.2, 0.25) is 0 Å². The van der Waals surface area contributed by atoms with Crippen molar-refractivity contribution in [3.63, 3.8) is 0 Å². The minimum atomic E-state index is -0.764. The first-order valence-corrected chi connectivity index (χ1v) is 15.8. The molecule has 0 bridgehead atoms. The fourth-order valence-corrected chi connectivity index (χ4v) is 4.46. The molecule has 3 aromatic carbocycles. The Bertz CT molecular complexity index is 1410. The number of azo groups is 1. The number of halogens is 1. The van der Waals surface area contributed by atoms with Gasteiger partial charge in [-0.25, -0.2) is 14.0 Å². The van der Waals surface area contributed by atoms with Crippen LogP contribution in [0.25, 0.3) is 0 Å². The zero-order valence-electron chi connectivity index (χ0n) is 26.4. The second kappa shape index (κ2) is 19.1. The van der Waals surface area contributed by atoms with Crippen molar-refractivity contribution < 1.29 is 33.0 Å². The average molecular weight is 619 g/mol. The highest BCUT2D eigenvalue weighted by molar-refractivity contribution is 5.92. The first kappa shape index (κ1) is 35.1. The highest BCUT2D eigenvalue weighted by atomic mass is 19.1. The molecule has 240 valence electrons. The van der Waals surface area contributed by atoms with Crippen molar-refractivity contribution in [2.45, 2.75) is 97.5 Å². The molecular formula is C36H43FN2O6. The van der Waals surface area contributed by atoms with Gasteiger partial charge in [0, 0.05) is 6.42 Å². The Kier molecular flexibility index (Phi) is 14.9. The maximum Gasteiger partial charge on any atom is 0.343 e. The van der Waals surface area contributed by atoms with Crippen LogP contribution in [0.4, 0.5) is 15.8 Å². The summed E-state index contributed by atoms with van der Waals surface area (Å²) in [4.78, 5) is 37.0. The standard InChI is InChI=1S/C36H43FN2O6/c1-4-6-8-10-12-14-34(40)44-30-22-18-29(19-23-30)38-39-33-24-17-28(25-32(33)37)36(42)45-31-20-15-27(16-21-31)35(41)43-26(3)13-11-9-7-5-2/h15-26H,4-14H2,1-3H3/t26-/m0/s1. The van der Waals surface area contributed by atoms with Crippen molar-refractivity contribution in [3.8, 4) is 11.5 Å². The number of ether oxygens (including phenoxy) is 3. The zero-order chi connectivity index (χ0) is 32.4. The highest BCUT2D eigenvalue weighted by Crippen LogP contribution is 2.25. The maximum atomic E-state index is 14.7. The molecule has 3 aromatic rings. The van der Waals surface area contributed by atoms with Crippen LogP contribution in [0.1, 0.15) is 112 Å². The first-order valence-electron chi connectivity index (χ1n) is 15.8. The molecule has 0 N–H and O–H groups in total. The monoisotopic (exact) mass is 618 g/mol. The van der Waals surface area contributed by atoms with E-state index >= 15 is 0 Å². The molecule has 45 heavy (non-hydrogen) atoms. The molecule has 9 heteroatoms. The van der Waals surface area contributed by atoms with Crippen LogP contribution >= 0.6 is 0 Å². The van der Waals surface area contributed by atoms with Crippen LogP contribution in [-0.4, -0.2) is 24.0 Å². The van der Waals surface area contributed by atoms with Gasteiger partial charge in [0.1, 0.15) is 17.2 Å². The molecule has 0 saturated heterocycles. The zero-order valence-corrected chi connectivity index (χ0v) is 26.4. The fourth-order valence-electron chi connectivity index (χ4n) is 4.46. The quantitative estimate of drug-likeness (QED) is 0.0608. The van der Waals surface area contributed by atoms with Crippen molar-refractivity contribution in [1.29, 1.82) is 0 Å². The lowest BCUT2D eigenvalue weighted by molar-refractivity contribution is -0.134. The summed E-state index contributed by atoms with van der Waals surface area (Å²) < 4.78 is 30.9. The van der Waals surface area contributed by atoms with E-state index in [0.717, 1.165) is 57.4 Å². The molecule has 0 aliphatic carbocycles. The Balaban J connectivity index is 1.48. The van der Waals surface area contributed by atoms with Crippen molar-refractivity contribution >= 4 is 29.3 Å². The van der Waals surface area contributed by atoms with E-state index in [2.05, 4.69) is 24.1 Å². The maximum absolute atomic E-state index is 14.7.